The van der Waals surface area contributed by atoms with Crippen LogP contribution in [0.25, 0.3) is 0 Å². The van der Waals surface area contributed by atoms with Crippen LogP contribution in [0, 0.1) is 0 Å². The third-order valence-corrected chi connectivity index (χ3v) is 10.5. The van der Waals surface area contributed by atoms with Crippen molar-refractivity contribution >= 4 is 47.6 Å². The van der Waals surface area contributed by atoms with Crippen molar-refractivity contribution in [3.8, 4) is 0 Å². The van der Waals surface area contributed by atoms with Gasteiger partial charge in [-0.05, 0) is 50.2 Å². The quantitative estimate of drug-likeness (QED) is 0.137. The highest BCUT2D eigenvalue weighted by Gasteiger charge is 2.60. The summed E-state index contributed by atoms with van der Waals surface area (Å²) >= 11 is 0. The van der Waals surface area contributed by atoms with Crippen molar-refractivity contribution < 1.29 is 85.7 Å². The van der Waals surface area contributed by atoms with Gasteiger partial charge in [0.15, 0.2) is 24.6 Å². The fourth-order valence-electron chi connectivity index (χ4n) is 7.66. The van der Waals surface area contributed by atoms with Gasteiger partial charge in [-0.15, -0.1) is 0 Å². The third-order valence-electron chi connectivity index (χ3n) is 10.5. The molecule has 5 rings (SSSR count). The van der Waals surface area contributed by atoms with Crippen molar-refractivity contribution in [1.82, 2.24) is 10.6 Å². The molecule has 0 bridgehead atoms. The Hall–Kier alpha value is -6.74. The lowest BCUT2D eigenvalue weighted by Crippen LogP contribution is -2.71. The summed E-state index contributed by atoms with van der Waals surface area (Å²) in [6.07, 6.45) is -13.2. The summed E-state index contributed by atoms with van der Waals surface area (Å²) in [5.74, 6) is -9.44. The number of methoxy groups -OCH3 is 1. The van der Waals surface area contributed by atoms with E-state index in [1.165, 1.54) is 64.3 Å². The SMILES string of the molecule is CCOC(=O)[C@]1(OC[C@H]2O[C@H](OC)[C@H](OC(=O)c3ccccc3)[C@@H](OC(=O)c3ccccc3)[C@@H]2OC(=O)c2ccccc2)C[C@H](OC(C)=O)[C@H](NC(C)=O)[C@H]([C@@H](NC(C)=O)[C@H](C)OC(C)=O)O1. The van der Waals surface area contributed by atoms with Gasteiger partial charge < -0.3 is 58.0 Å². The summed E-state index contributed by atoms with van der Waals surface area (Å²) in [5, 5.41) is 5.31. The average Bonchev–Trinajstić information content (AvgIpc) is 3.29. The first-order valence-electron chi connectivity index (χ1n) is 21.3. The first-order valence-corrected chi connectivity index (χ1v) is 21.3. The Balaban J connectivity index is 1.65. The molecular weight excluding hydrogens is 881 g/mol. The second-order valence-corrected chi connectivity index (χ2v) is 15.5. The van der Waals surface area contributed by atoms with E-state index in [0.29, 0.717) is 0 Å². The lowest BCUT2D eigenvalue weighted by atomic mass is 9.87. The van der Waals surface area contributed by atoms with Crippen LogP contribution in [0.5, 0.6) is 0 Å². The number of hydrogen-bond donors (Lipinski definition) is 2. The van der Waals surface area contributed by atoms with E-state index in [1.807, 2.05) is 0 Å². The van der Waals surface area contributed by atoms with E-state index < -0.39 is 128 Å². The molecule has 0 aromatic heterocycles. The number of ether oxygens (including phenoxy) is 10. The molecule has 0 saturated carbocycles. The van der Waals surface area contributed by atoms with Gasteiger partial charge in [-0.1, -0.05) is 54.6 Å². The minimum atomic E-state index is -2.62. The lowest BCUT2D eigenvalue weighted by Gasteiger charge is -2.49. The van der Waals surface area contributed by atoms with E-state index in [2.05, 4.69) is 10.6 Å². The molecule has 2 aliphatic rings. The van der Waals surface area contributed by atoms with Crippen LogP contribution >= 0.6 is 0 Å². The highest BCUT2D eigenvalue weighted by Crippen LogP contribution is 2.38. The minimum absolute atomic E-state index is 0.0580. The fraction of sp³-hybridized carbons (Fsp3) is 0.447. The largest absolute Gasteiger partial charge is 0.462 e. The van der Waals surface area contributed by atoms with Crippen LogP contribution in [-0.4, -0.2) is 135 Å². The number of carbonyl (C=O) groups excluding carboxylic acids is 8. The van der Waals surface area contributed by atoms with Gasteiger partial charge in [-0.3, -0.25) is 19.2 Å². The topological polar surface area (TPSA) is 253 Å². The normalized spacial score (nSPS) is 25.4. The van der Waals surface area contributed by atoms with E-state index in [0.717, 1.165) is 20.8 Å². The second-order valence-electron chi connectivity index (χ2n) is 15.5. The summed E-state index contributed by atoms with van der Waals surface area (Å²) in [7, 11) is 1.21. The molecule has 0 radical (unpaired) electrons. The predicted molar refractivity (Wildman–Crippen MR) is 229 cm³/mol. The molecule has 3 aromatic carbocycles. The van der Waals surface area contributed by atoms with Crippen LogP contribution in [-0.2, 0) is 71.3 Å². The summed E-state index contributed by atoms with van der Waals surface area (Å²) in [6.45, 7) is 6.41. The summed E-state index contributed by atoms with van der Waals surface area (Å²) in [4.78, 5) is 106. The maximum absolute atomic E-state index is 14.4. The predicted octanol–water partition coefficient (Wildman–Crippen LogP) is 2.99. The molecule has 67 heavy (non-hydrogen) atoms. The Labute approximate surface area is 386 Å². The monoisotopic (exact) mass is 934 g/mol. The van der Waals surface area contributed by atoms with Crippen LogP contribution < -0.4 is 10.6 Å². The van der Waals surface area contributed by atoms with Gasteiger partial charge in [0, 0.05) is 34.8 Å². The van der Waals surface area contributed by atoms with Crippen molar-refractivity contribution in [3.63, 3.8) is 0 Å². The lowest BCUT2D eigenvalue weighted by molar-refractivity contribution is -0.331. The van der Waals surface area contributed by atoms with Crippen LogP contribution in [0.1, 0.15) is 79.0 Å². The molecular formula is C47H54N2O18. The van der Waals surface area contributed by atoms with Crippen LogP contribution in [0.2, 0.25) is 0 Å². The fourth-order valence-corrected chi connectivity index (χ4v) is 7.66. The van der Waals surface area contributed by atoms with E-state index in [-0.39, 0.29) is 23.3 Å². The van der Waals surface area contributed by atoms with Crippen molar-refractivity contribution in [1.29, 1.82) is 0 Å². The van der Waals surface area contributed by atoms with Crippen LogP contribution in [0.4, 0.5) is 0 Å². The summed E-state index contributed by atoms with van der Waals surface area (Å²) in [6, 6.07) is 20.7. The molecule has 2 amide bonds. The highest BCUT2D eigenvalue weighted by molar-refractivity contribution is 5.91. The Morgan fingerprint density at radius 2 is 1.19 bits per heavy atom. The Bertz CT molecular complexity index is 2190. The zero-order valence-electron chi connectivity index (χ0n) is 37.9. The maximum Gasteiger partial charge on any atom is 0.367 e. The number of esters is 6. The molecule has 360 valence electrons. The molecule has 20 nitrogen and oxygen atoms in total. The van der Waals surface area contributed by atoms with Crippen LogP contribution in [0.15, 0.2) is 91.0 Å². The molecule has 2 N–H and O–H groups in total. The standard InChI is InChI=1S/C47H54N2O18/c1-8-59-46(57)47(24-34(62-30(6)53)37(49-28(4)51)39(67-47)36(48-27(3)50)26(2)61-29(5)52)60-25-35-38(64-42(54)31-18-12-9-13-19-31)40(65-43(55)32-20-14-10-15-21-32)41(45(58-7)63-35)66-44(56)33-22-16-11-17-23-33/h9-23,26,34-41,45H,8,24-25H2,1-7H3,(H,48,50)(H,49,51)/t26-,34-,35+,36-,37-,38+,39-,40-,41+,45-,47-/m0/s1. The number of nitrogens with one attached hydrogen (secondary N) is 2. The second kappa shape index (κ2) is 23.6. The van der Waals surface area contributed by atoms with Crippen molar-refractivity contribution in [3.05, 3.63) is 108 Å². The first-order chi connectivity index (χ1) is 32.0. The zero-order chi connectivity index (χ0) is 48.8. The van der Waals surface area contributed by atoms with Crippen LogP contribution in [0.3, 0.4) is 0 Å². The number of hydrogen-bond acceptors (Lipinski definition) is 18. The number of amides is 2. The minimum Gasteiger partial charge on any atom is -0.462 e. The van der Waals surface area contributed by atoms with Crippen molar-refractivity contribution in [2.45, 2.75) is 115 Å². The summed E-state index contributed by atoms with van der Waals surface area (Å²) < 4.78 is 59.8. The van der Waals surface area contributed by atoms with Gasteiger partial charge in [-0.25, -0.2) is 19.2 Å². The average molecular weight is 935 g/mol. The van der Waals surface area contributed by atoms with E-state index in [1.54, 1.807) is 54.6 Å². The molecule has 3 aromatic rings. The molecule has 0 aliphatic carbocycles. The van der Waals surface area contributed by atoms with Gasteiger partial charge in [0.05, 0.1) is 48.4 Å². The summed E-state index contributed by atoms with van der Waals surface area (Å²) in [5.41, 5.74) is 0.235. The smallest absolute Gasteiger partial charge is 0.367 e. The molecule has 2 heterocycles. The number of carbonyl (C=O) groups is 8. The molecule has 11 atom stereocenters. The van der Waals surface area contributed by atoms with Gasteiger partial charge in [-0.2, -0.15) is 0 Å². The molecule has 2 saturated heterocycles. The highest BCUT2D eigenvalue weighted by atomic mass is 16.8. The first kappa shape index (κ1) is 51.2. The number of benzene rings is 3. The molecule has 20 heteroatoms. The van der Waals surface area contributed by atoms with Crippen molar-refractivity contribution in [2.75, 3.05) is 20.3 Å². The molecule has 0 unspecified atom stereocenters. The van der Waals surface area contributed by atoms with Crippen molar-refractivity contribution in [2.24, 2.45) is 0 Å². The van der Waals surface area contributed by atoms with Gasteiger partial charge in [0.2, 0.25) is 11.8 Å². The maximum atomic E-state index is 14.4. The van der Waals surface area contributed by atoms with Gasteiger partial charge in [0.25, 0.3) is 5.79 Å². The Morgan fingerprint density at radius 1 is 0.687 bits per heavy atom. The van der Waals surface area contributed by atoms with Gasteiger partial charge in [0.1, 0.15) is 24.4 Å². The van der Waals surface area contributed by atoms with E-state index in [4.69, 9.17) is 47.4 Å². The molecule has 2 aliphatic heterocycles. The van der Waals surface area contributed by atoms with E-state index >= 15 is 0 Å². The zero-order valence-corrected chi connectivity index (χ0v) is 37.9. The Morgan fingerprint density at radius 3 is 1.64 bits per heavy atom. The van der Waals surface area contributed by atoms with E-state index in [9.17, 15) is 38.4 Å². The Kier molecular flexibility index (Phi) is 18.1. The molecule has 2 fully saturated rings. The van der Waals surface area contributed by atoms with Gasteiger partial charge >= 0.3 is 35.8 Å². The number of rotatable bonds is 18. The third kappa shape index (κ3) is 13.4. The molecule has 0 spiro atoms.